The summed E-state index contributed by atoms with van der Waals surface area (Å²) in [6.45, 7) is 0. The summed E-state index contributed by atoms with van der Waals surface area (Å²) in [5.41, 5.74) is -7.85. The third kappa shape index (κ3) is 4.04. The molecule has 1 aliphatic carbocycles. The van der Waals surface area contributed by atoms with Gasteiger partial charge in [-0.2, -0.15) is 15.8 Å². The smallest absolute Gasteiger partial charge is 0.269 e. The standard InChI is InChI=1S/C35H23N7O6/c36-19-33(20-37)28(23-11-15-26(16-12-23)41(45)46)29(22-7-3-1-4-8-22)35(44)32(43)40(25-9-5-2-6-10-25)31(39)34(35,21-38)30(33)24-13-17-27(18-14-24)42(47)48/h1-18,28-30,39,44H/t28-,29-,30+,34+,35+/m0/s1. The van der Waals surface area contributed by atoms with Crippen LogP contribution < -0.4 is 4.90 Å². The maximum atomic E-state index is 14.9. The molecule has 1 amide bonds. The van der Waals surface area contributed by atoms with Crippen molar-refractivity contribution in [3.63, 3.8) is 0 Å². The number of fused-ring (bicyclic) bond motifs is 1. The number of non-ortho nitro benzene ring substituents is 2. The maximum absolute atomic E-state index is 14.9. The second kappa shape index (κ2) is 11.2. The summed E-state index contributed by atoms with van der Waals surface area (Å²) >= 11 is 0. The number of carbonyl (C=O) groups excluding carboxylic acids is 1. The van der Waals surface area contributed by atoms with E-state index in [4.69, 9.17) is 0 Å². The fraction of sp³-hybridized carbons (Fsp3) is 0.171. The predicted octanol–water partition coefficient (Wildman–Crippen LogP) is 5.47. The van der Waals surface area contributed by atoms with Crippen LogP contribution in [0.4, 0.5) is 17.1 Å². The van der Waals surface area contributed by atoms with E-state index in [1.807, 2.05) is 6.07 Å². The zero-order valence-corrected chi connectivity index (χ0v) is 24.8. The van der Waals surface area contributed by atoms with E-state index in [1.54, 1.807) is 48.5 Å². The lowest BCUT2D eigenvalue weighted by Gasteiger charge is -2.57. The monoisotopic (exact) mass is 637 g/mol. The van der Waals surface area contributed by atoms with Gasteiger partial charge in [0.2, 0.25) is 0 Å². The molecule has 13 nitrogen and oxygen atoms in total. The summed E-state index contributed by atoms with van der Waals surface area (Å²) in [6, 6.07) is 31.8. The molecule has 0 aromatic heterocycles. The molecule has 0 bridgehead atoms. The molecule has 5 atom stereocenters. The van der Waals surface area contributed by atoms with Crippen molar-refractivity contribution >= 4 is 28.8 Å². The number of carbonyl (C=O) groups is 1. The summed E-state index contributed by atoms with van der Waals surface area (Å²) in [6.07, 6.45) is 0. The number of amides is 1. The maximum Gasteiger partial charge on any atom is 0.269 e. The molecule has 13 heteroatoms. The number of nitrogens with one attached hydrogen (secondary N) is 1. The van der Waals surface area contributed by atoms with Gasteiger partial charge in [-0.3, -0.25) is 35.3 Å². The Morgan fingerprint density at radius 1 is 0.688 bits per heavy atom. The molecule has 1 aliphatic heterocycles. The lowest BCUT2D eigenvalue weighted by molar-refractivity contribution is -0.385. The minimum Gasteiger partial charge on any atom is -0.377 e. The van der Waals surface area contributed by atoms with Gasteiger partial charge in [0.15, 0.2) is 16.4 Å². The van der Waals surface area contributed by atoms with Crippen LogP contribution in [-0.4, -0.2) is 32.3 Å². The van der Waals surface area contributed by atoms with Gasteiger partial charge in [-0.25, -0.2) is 0 Å². The Morgan fingerprint density at radius 3 is 1.60 bits per heavy atom. The van der Waals surface area contributed by atoms with Crippen LogP contribution in [0.5, 0.6) is 0 Å². The Balaban J connectivity index is 1.79. The molecule has 48 heavy (non-hydrogen) atoms. The highest BCUT2D eigenvalue weighted by Crippen LogP contribution is 2.72. The lowest BCUT2D eigenvalue weighted by Crippen LogP contribution is -2.67. The quantitative estimate of drug-likeness (QED) is 0.202. The van der Waals surface area contributed by atoms with Crippen LogP contribution in [0.15, 0.2) is 109 Å². The third-order valence-electron chi connectivity index (χ3n) is 9.51. The fourth-order valence-corrected chi connectivity index (χ4v) is 7.53. The van der Waals surface area contributed by atoms with Crippen LogP contribution in [0.2, 0.25) is 0 Å². The molecule has 4 aromatic carbocycles. The summed E-state index contributed by atoms with van der Waals surface area (Å²) in [5, 5.41) is 79.4. The van der Waals surface area contributed by atoms with Gasteiger partial charge in [-0.1, -0.05) is 72.8 Å². The first-order valence-electron chi connectivity index (χ1n) is 14.5. The van der Waals surface area contributed by atoms with E-state index in [9.17, 15) is 51.3 Å². The summed E-state index contributed by atoms with van der Waals surface area (Å²) in [4.78, 5) is 37.6. The molecule has 1 heterocycles. The average Bonchev–Trinajstić information content (AvgIpc) is 3.29. The number of benzene rings is 4. The minimum absolute atomic E-state index is 0.00885. The topological polar surface area (TPSA) is 222 Å². The van der Waals surface area contributed by atoms with E-state index in [1.165, 1.54) is 48.5 Å². The number of hydrogen-bond donors (Lipinski definition) is 2. The van der Waals surface area contributed by atoms with E-state index in [0.717, 1.165) is 17.0 Å². The number of anilines is 1. The van der Waals surface area contributed by atoms with E-state index < -0.39 is 55.8 Å². The van der Waals surface area contributed by atoms with Gasteiger partial charge in [0.1, 0.15) is 5.84 Å². The molecule has 234 valence electrons. The van der Waals surface area contributed by atoms with Crippen molar-refractivity contribution in [2.75, 3.05) is 4.90 Å². The lowest BCUT2D eigenvalue weighted by atomic mass is 9.40. The molecule has 0 spiro atoms. The van der Waals surface area contributed by atoms with Crippen LogP contribution >= 0.6 is 0 Å². The zero-order valence-electron chi connectivity index (χ0n) is 24.8. The van der Waals surface area contributed by atoms with Gasteiger partial charge in [0.05, 0.1) is 33.7 Å². The largest absolute Gasteiger partial charge is 0.377 e. The number of nitro benzene ring substituents is 2. The Kier molecular flexibility index (Phi) is 7.32. The van der Waals surface area contributed by atoms with Crippen LogP contribution in [0.1, 0.15) is 34.4 Å². The molecule has 4 aromatic rings. The first-order valence-corrected chi connectivity index (χ1v) is 14.5. The Hall–Kier alpha value is -6.75. The van der Waals surface area contributed by atoms with Crippen molar-refractivity contribution in [1.82, 2.24) is 0 Å². The van der Waals surface area contributed by atoms with E-state index >= 15 is 0 Å². The van der Waals surface area contributed by atoms with Gasteiger partial charge in [0, 0.05) is 42.0 Å². The van der Waals surface area contributed by atoms with Crippen molar-refractivity contribution < 1.29 is 19.7 Å². The molecule has 2 fully saturated rings. The SMILES string of the molecule is N#CC1(C#N)[C@@H](c2ccc([N+](=O)[O-])cc2)[C@]2(C#N)C(=N)N(c3ccccc3)C(=O)[C@]2(O)[C@@H](c2ccccc2)[C@@H]1c1ccc([N+](=O)[O-])cc1. The molecular formula is C35H23N7O6. The van der Waals surface area contributed by atoms with Crippen LogP contribution in [-0.2, 0) is 4.79 Å². The van der Waals surface area contributed by atoms with Gasteiger partial charge < -0.3 is 5.11 Å². The van der Waals surface area contributed by atoms with Crippen molar-refractivity contribution in [3.8, 4) is 18.2 Å². The Bertz CT molecular complexity index is 2090. The highest BCUT2D eigenvalue weighted by molar-refractivity contribution is 6.29. The highest BCUT2D eigenvalue weighted by Gasteiger charge is 2.83. The first kappa shape index (κ1) is 31.2. The average molecular weight is 638 g/mol. The second-order valence-electron chi connectivity index (χ2n) is 11.6. The summed E-state index contributed by atoms with van der Waals surface area (Å²) < 4.78 is 0. The van der Waals surface area contributed by atoms with E-state index in [0.29, 0.717) is 0 Å². The Morgan fingerprint density at radius 2 is 1.15 bits per heavy atom. The number of para-hydroxylation sites is 1. The van der Waals surface area contributed by atoms with Crippen molar-refractivity contribution in [2.24, 2.45) is 10.8 Å². The van der Waals surface area contributed by atoms with E-state index in [-0.39, 0.29) is 33.8 Å². The number of amidine groups is 1. The molecule has 1 saturated carbocycles. The highest BCUT2D eigenvalue weighted by atomic mass is 16.6. The zero-order chi connectivity index (χ0) is 34.4. The Labute approximate surface area is 272 Å². The predicted molar refractivity (Wildman–Crippen MR) is 169 cm³/mol. The molecular weight excluding hydrogens is 614 g/mol. The molecule has 1 saturated heterocycles. The van der Waals surface area contributed by atoms with Crippen LogP contribution in [0.3, 0.4) is 0 Å². The number of nitrogens with zero attached hydrogens (tertiary/aromatic N) is 6. The molecule has 0 unspecified atom stereocenters. The normalized spacial score (nSPS) is 25.6. The summed E-state index contributed by atoms with van der Waals surface area (Å²) in [5.74, 6) is -6.46. The fourth-order valence-electron chi connectivity index (χ4n) is 7.53. The second-order valence-corrected chi connectivity index (χ2v) is 11.6. The number of nitro groups is 2. The molecule has 6 rings (SSSR count). The van der Waals surface area contributed by atoms with Crippen molar-refractivity contribution in [1.29, 1.82) is 21.2 Å². The molecule has 0 radical (unpaired) electrons. The van der Waals surface area contributed by atoms with Gasteiger partial charge in [-0.05, 0) is 28.8 Å². The van der Waals surface area contributed by atoms with Crippen LogP contribution in [0.25, 0.3) is 0 Å². The van der Waals surface area contributed by atoms with Crippen LogP contribution in [0, 0.1) is 70.5 Å². The first-order chi connectivity index (χ1) is 23.0. The molecule has 2 aliphatic rings. The minimum atomic E-state index is -2.83. The molecule has 2 N–H and O–H groups in total. The number of aliphatic hydroxyl groups is 1. The summed E-state index contributed by atoms with van der Waals surface area (Å²) in [7, 11) is 0. The third-order valence-corrected chi connectivity index (χ3v) is 9.51. The van der Waals surface area contributed by atoms with Gasteiger partial charge in [-0.15, -0.1) is 0 Å². The van der Waals surface area contributed by atoms with Crippen molar-refractivity contribution in [3.05, 3.63) is 146 Å². The number of nitriles is 3. The van der Waals surface area contributed by atoms with Gasteiger partial charge >= 0.3 is 0 Å². The number of rotatable bonds is 6. The van der Waals surface area contributed by atoms with E-state index in [2.05, 4.69) is 12.1 Å². The van der Waals surface area contributed by atoms with Gasteiger partial charge in [0.25, 0.3) is 17.3 Å². The number of hydrogen-bond acceptors (Lipinski definition) is 10. The van der Waals surface area contributed by atoms with Crippen molar-refractivity contribution in [2.45, 2.75) is 23.4 Å².